The van der Waals surface area contributed by atoms with Crippen LogP contribution >= 0.6 is 11.6 Å². The number of sulfone groups is 2. The summed E-state index contributed by atoms with van der Waals surface area (Å²) in [5.74, 6) is -6.82. The lowest BCUT2D eigenvalue weighted by molar-refractivity contribution is 0.282. The summed E-state index contributed by atoms with van der Waals surface area (Å²) in [6, 6.07) is 5.08. The second-order valence-electron chi connectivity index (χ2n) is 15.9. The number of benzene rings is 5. The highest BCUT2D eigenvalue weighted by molar-refractivity contribution is 7.92. The average molecular weight is 1380 g/mol. The van der Waals surface area contributed by atoms with Gasteiger partial charge in [-0.1, -0.05) is 0 Å². The third-order valence-corrected chi connectivity index (χ3v) is 19.0. The number of hydrogen-bond acceptors (Lipinski definition) is 32. The third-order valence-electron chi connectivity index (χ3n) is 10.2. The zero-order chi connectivity index (χ0) is 63.3. The molecule has 0 aliphatic carbocycles. The highest BCUT2D eigenvalue weighted by Crippen LogP contribution is 2.49. The van der Waals surface area contributed by atoms with Gasteiger partial charge in [0.2, 0.25) is 17.2 Å². The molecule has 0 bridgehead atoms. The van der Waals surface area contributed by atoms with Gasteiger partial charge in [-0.2, -0.15) is 73.9 Å². The molecule has 0 spiro atoms. The van der Waals surface area contributed by atoms with Crippen molar-refractivity contribution in [2.45, 2.75) is 34.3 Å². The van der Waals surface area contributed by atoms with E-state index in [0.717, 1.165) is 6.07 Å². The van der Waals surface area contributed by atoms with Gasteiger partial charge in [-0.15, -0.1) is 20.5 Å². The Balaban J connectivity index is 1.45. The number of nitrogens with two attached hydrogens (primary N) is 1. The number of nitrogens with zero attached hydrogens (tertiary/aromatic N) is 7. The zero-order valence-corrected chi connectivity index (χ0v) is 48.2. The van der Waals surface area contributed by atoms with Crippen LogP contribution in [0.15, 0.2) is 115 Å². The molecular weight excluding hydrogens is 1350 g/mol. The molecule has 1 aromatic heterocycles. The first-order valence-corrected chi connectivity index (χ1v) is 34.4. The number of rotatable bonds is 23. The molecule has 5 aromatic carbocycles. The van der Waals surface area contributed by atoms with Gasteiger partial charge in [0, 0.05) is 5.69 Å². The monoisotopic (exact) mass is 1380 g/mol. The molecule has 39 nitrogen and oxygen atoms in total. The van der Waals surface area contributed by atoms with Crippen molar-refractivity contribution in [2.75, 3.05) is 41.1 Å². The zero-order valence-electron chi connectivity index (χ0n) is 40.1. The van der Waals surface area contributed by atoms with Crippen molar-refractivity contribution >= 4 is 165 Å². The van der Waals surface area contributed by atoms with E-state index < -0.39 is 229 Å². The molecule has 6 aromatic rings. The minimum absolute atomic E-state index is 0.257. The Morgan fingerprint density at radius 3 is 1.45 bits per heavy atom. The van der Waals surface area contributed by atoms with E-state index in [2.05, 4.69) is 54.4 Å². The fourth-order valence-electron chi connectivity index (χ4n) is 6.68. The molecule has 1 heterocycles. The summed E-state index contributed by atoms with van der Waals surface area (Å²) >= 11 is 6.03. The molecule has 0 aliphatic rings. The van der Waals surface area contributed by atoms with Gasteiger partial charge >= 0.3 is 20.8 Å². The molecule has 0 saturated carbocycles. The van der Waals surface area contributed by atoms with Crippen molar-refractivity contribution in [1.29, 1.82) is 0 Å². The van der Waals surface area contributed by atoms with Gasteiger partial charge in [0.25, 0.3) is 50.6 Å². The van der Waals surface area contributed by atoms with Crippen LogP contribution in [0.3, 0.4) is 0 Å². The van der Waals surface area contributed by atoms with Crippen LogP contribution in [0.25, 0.3) is 10.8 Å². The van der Waals surface area contributed by atoms with Crippen molar-refractivity contribution in [2.24, 2.45) is 20.5 Å². The number of halogens is 1. The lowest BCUT2D eigenvalue weighted by Crippen LogP contribution is -2.16. The largest absolute Gasteiger partial charge is 0.505 e. The summed E-state index contributed by atoms with van der Waals surface area (Å²) in [6.07, 6.45) is 0. The molecule has 0 atom stereocenters. The van der Waals surface area contributed by atoms with E-state index in [-0.39, 0.29) is 12.1 Å². The Bertz CT molecular complexity index is 4900. The number of aromatic hydroxyl groups is 2. The quantitative estimate of drug-likeness (QED) is 0.0190. The van der Waals surface area contributed by atoms with E-state index in [0.29, 0.717) is 42.5 Å². The number of phenolic OH excluding ortho intramolecular Hbond substituents is 2. The summed E-state index contributed by atoms with van der Waals surface area (Å²) in [6.45, 7) is -2.41. The van der Waals surface area contributed by atoms with Crippen LogP contribution in [-0.2, 0) is 99.4 Å². The Kier molecular flexibility index (Phi) is 18.5. The summed E-state index contributed by atoms with van der Waals surface area (Å²) in [5.41, 5.74) is -0.894. The number of hydrogen-bond donors (Lipinski definition) is 12. The first-order chi connectivity index (χ1) is 38.2. The van der Waals surface area contributed by atoms with Gasteiger partial charge in [-0.05, 0) is 77.7 Å². The van der Waals surface area contributed by atoms with E-state index in [9.17, 15) is 109 Å². The standard InChI is InChI=1S/C35H31ClN10O29S9/c36-33-40-34(42-35(41-33)39-21-12-18(14-26(31(21)47)82(65,66)67)77(51,52)8-6-75-84(71,72)73)38-16-1-4-22(78(53,54)55)20(11-16)44-46-30-25(81(62,63)64)10-15-9-24(80(59,60)61)29(28(37)27(15)32(30)48)45-43-19-3-2-17(13-23(19)79(56,57)58)76(49,50)7-5-74-83(68,69)70/h1-4,9-14,47-48H,5-8,37H2,(H,53,54,55)(H,56,57,58)(H,59,60,61)(H,62,63,64)(H,65,66,67)(H,68,69,70)(H,71,72,73)(H2,38,39,40,41,42)/b45-43+,46-44+. The van der Waals surface area contributed by atoms with Gasteiger partial charge in [0.15, 0.2) is 31.2 Å². The Labute approximate surface area is 476 Å². The highest BCUT2D eigenvalue weighted by Gasteiger charge is 2.31. The minimum atomic E-state index is -5.68. The molecule has 0 saturated heterocycles. The maximum Gasteiger partial charge on any atom is 0.397 e. The first kappa shape index (κ1) is 66.2. The molecule has 13 N–H and O–H groups in total. The van der Waals surface area contributed by atoms with E-state index in [1.165, 1.54) is 0 Å². The first-order valence-electron chi connectivity index (χ1n) is 20.8. The van der Waals surface area contributed by atoms with Gasteiger partial charge in [-0.3, -0.25) is 31.9 Å². The van der Waals surface area contributed by atoms with Crippen molar-refractivity contribution in [1.82, 2.24) is 15.0 Å². The predicted molar refractivity (Wildman–Crippen MR) is 279 cm³/mol. The van der Waals surface area contributed by atoms with Gasteiger partial charge < -0.3 is 26.6 Å². The molecule has 84 heavy (non-hydrogen) atoms. The lowest BCUT2D eigenvalue weighted by atomic mass is 10.1. The SMILES string of the molecule is Nc1c(/N=N/c2ccc(S(=O)(=O)CCOS(=O)(=O)O)cc2S(=O)(=O)O)c(S(=O)(=O)O)cc2cc(S(=O)(=O)O)c(/N=N/c3cc(Nc4nc(Cl)nc(Nc5cc(S(=O)(=O)CCOS(=O)(=O)O)cc(S(=O)(=O)O)c5O)n4)ccc3S(=O)(=O)O)c(O)c12. The fraction of sp³-hybridized carbons (Fsp3) is 0.114. The van der Waals surface area contributed by atoms with E-state index in [1.807, 2.05) is 0 Å². The van der Waals surface area contributed by atoms with Crippen LogP contribution in [0.1, 0.15) is 0 Å². The molecule has 0 fully saturated rings. The smallest absolute Gasteiger partial charge is 0.397 e. The Hall–Kier alpha value is -6.95. The molecular formula is C35H31ClN10O29S9. The predicted octanol–water partition coefficient (Wildman–Crippen LogP) is 2.41. The number of nitrogen functional groups attached to an aromatic ring is 1. The number of nitrogens with one attached hydrogen (secondary N) is 2. The molecule has 456 valence electrons. The number of anilines is 5. The Morgan fingerprint density at radius 1 is 0.476 bits per heavy atom. The van der Waals surface area contributed by atoms with E-state index >= 15 is 0 Å². The maximum atomic E-state index is 13.0. The highest BCUT2D eigenvalue weighted by atomic mass is 35.5. The number of fused-ring (bicyclic) bond motifs is 1. The summed E-state index contributed by atoms with van der Waals surface area (Å²) < 4.78 is 296. The second-order valence-corrected chi connectivity index (χ2v) is 29.5. The molecule has 6 rings (SSSR count). The van der Waals surface area contributed by atoms with Crippen LogP contribution < -0.4 is 16.4 Å². The molecule has 49 heteroatoms. The molecule has 0 unspecified atom stereocenters. The lowest BCUT2D eigenvalue weighted by Gasteiger charge is -2.14. The van der Waals surface area contributed by atoms with E-state index in [1.54, 1.807) is 0 Å². The average Bonchev–Trinajstić information content (AvgIpc) is 0.932. The van der Waals surface area contributed by atoms with Crippen molar-refractivity contribution in [3.05, 3.63) is 65.9 Å². The molecule has 0 aliphatic heterocycles. The Morgan fingerprint density at radius 2 is 0.940 bits per heavy atom. The van der Waals surface area contributed by atoms with Gasteiger partial charge in [-0.25, -0.2) is 25.2 Å². The minimum Gasteiger partial charge on any atom is -0.505 e. The van der Waals surface area contributed by atoms with Crippen LogP contribution in [0.4, 0.5) is 51.7 Å². The normalized spacial score (nSPS) is 13.5. The second kappa shape index (κ2) is 23.5. The molecule has 0 amide bonds. The van der Waals surface area contributed by atoms with Crippen LogP contribution in [0.2, 0.25) is 5.28 Å². The van der Waals surface area contributed by atoms with Gasteiger partial charge in [0.1, 0.15) is 47.2 Å². The number of aromatic nitrogens is 3. The summed E-state index contributed by atoms with van der Waals surface area (Å²) in [5, 5.41) is 38.5. The molecule has 0 radical (unpaired) electrons. The van der Waals surface area contributed by atoms with Crippen molar-refractivity contribution in [3.63, 3.8) is 0 Å². The number of azo groups is 2. The van der Waals surface area contributed by atoms with Gasteiger partial charge in [0.05, 0.1) is 51.3 Å². The summed E-state index contributed by atoms with van der Waals surface area (Å²) in [7, 11) is -47.5. The summed E-state index contributed by atoms with van der Waals surface area (Å²) in [4.78, 5) is 2.45. The van der Waals surface area contributed by atoms with Crippen LogP contribution in [0.5, 0.6) is 11.5 Å². The van der Waals surface area contributed by atoms with E-state index in [4.69, 9.17) is 26.4 Å². The maximum absolute atomic E-state index is 13.0. The topological polar surface area (TPSA) is 646 Å². The third kappa shape index (κ3) is 16.3. The fourth-order valence-corrected chi connectivity index (χ4v) is 13.2. The van der Waals surface area contributed by atoms with Crippen LogP contribution in [-0.4, -0.2) is 158 Å². The van der Waals surface area contributed by atoms with Crippen molar-refractivity contribution in [3.8, 4) is 11.5 Å². The number of phenols is 2. The van der Waals surface area contributed by atoms with Crippen LogP contribution in [0, 0.1) is 0 Å². The van der Waals surface area contributed by atoms with Crippen molar-refractivity contribution < 1.29 is 126 Å².